The minimum atomic E-state index is -4.42. The van der Waals surface area contributed by atoms with Crippen LogP contribution in [0, 0.1) is 0 Å². The molecule has 0 spiro atoms. The second-order valence-electron chi connectivity index (χ2n) is 7.71. The molecule has 30 heavy (non-hydrogen) atoms. The van der Waals surface area contributed by atoms with E-state index in [4.69, 9.17) is 0 Å². The van der Waals surface area contributed by atoms with Crippen molar-refractivity contribution in [1.29, 1.82) is 0 Å². The Kier molecular flexibility index (Phi) is 7.29. The Morgan fingerprint density at radius 1 is 1.07 bits per heavy atom. The number of amides is 1. The maximum atomic E-state index is 12.9. The van der Waals surface area contributed by atoms with Gasteiger partial charge in [0.25, 0.3) is 5.91 Å². The lowest BCUT2D eigenvalue weighted by molar-refractivity contribution is -1.02. The number of hydrogen-bond donors (Lipinski definition) is 3. The van der Waals surface area contributed by atoms with Gasteiger partial charge in [-0.2, -0.15) is 13.2 Å². The van der Waals surface area contributed by atoms with Crippen molar-refractivity contribution in [2.24, 2.45) is 0 Å². The van der Waals surface area contributed by atoms with Crippen LogP contribution < -0.4 is 15.1 Å². The molecule has 1 saturated heterocycles. The van der Waals surface area contributed by atoms with Gasteiger partial charge in [0.1, 0.15) is 26.2 Å². The molecule has 0 unspecified atom stereocenters. The topological polar surface area (TPSA) is 38.0 Å². The molecule has 1 amide bonds. The fourth-order valence-corrected chi connectivity index (χ4v) is 3.70. The molecule has 7 heteroatoms. The third-order valence-electron chi connectivity index (χ3n) is 5.58. The lowest BCUT2D eigenvalue weighted by atomic mass is 10.1. The largest absolute Gasteiger partial charge is 0.416 e. The summed E-state index contributed by atoms with van der Waals surface area (Å²) in [6.07, 6.45) is -0.123. The van der Waals surface area contributed by atoms with Gasteiger partial charge < -0.3 is 15.1 Å². The Morgan fingerprint density at radius 2 is 1.77 bits per heavy atom. The quantitative estimate of drug-likeness (QED) is 0.653. The van der Waals surface area contributed by atoms with Crippen LogP contribution in [0.1, 0.15) is 18.1 Å². The molecule has 1 aliphatic heterocycles. The predicted molar refractivity (Wildman–Crippen MR) is 111 cm³/mol. The summed E-state index contributed by atoms with van der Waals surface area (Å²) in [5, 5.41) is 2.64. The van der Waals surface area contributed by atoms with Crippen molar-refractivity contribution in [3.63, 3.8) is 0 Å². The molecule has 0 aliphatic carbocycles. The van der Waals surface area contributed by atoms with Crippen molar-refractivity contribution >= 4 is 17.7 Å². The van der Waals surface area contributed by atoms with Crippen LogP contribution in [0.4, 0.5) is 18.9 Å². The molecule has 2 aromatic carbocycles. The average Bonchev–Trinajstić information content (AvgIpc) is 2.74. The van der Waals surface area contributed by atoms with Gasteiger partial charge in [-0.25, -0.2) is 0 Å². The van der Waals surface area contributed by atoms with Crippen molar-refractivity contribution in [3.05, 3.63) is 71.8 Å². The predicted octanol–water partition coefficient (Wildman–Crippen LogP) is 1.53. The molecule has 3 N–H and O–H groups in total. The van der Waals surface area contributed by atoms with E-state index in [1.54, 1.807) is 0 Å². The zero-order valence-electron chi connectivity index (χ0n) is 17.0. The molecule has 0 bridgehead atoms. The van der Waals surface area contributed by atoms with Gasteiger partial charge in [-0.05, 0) is 36.8 Å². The van der Waals surface area contributed by atoms with Crippen molar-refractivity contribution < 1.29 is 27.8 Å². The molecule has 0 radical (unpaired) electrons. The third-order valence-corrected chi connectivity index (χ3v) is 5.58. The van der Waals surface area contributed by atoms with E-state index in [1.807, 2.05) is 25.1 Å². The Morgan fingerprint density at radius 3 is 2.43 bits per heavy atom. The molecular weight excluding hydrogens is 391 g/mol. The van der Waals surface area contributed by atoms with Crippen molar-refractivity contribution in [2.75, 3.05) is 38.0 Å². The van der Waals surface area contributed by atoms with Gasteiger partial charge in [0, 0.05) is 5.69 Å². The van der Waals surface area contributed by atoms with E-state index in [1.165, 1.54) is 22.6 Å². The van der Waals surface area contributed by atoms with Crippen molar-refractivity contribution in [1.82, 2.24) is 0 Å². The lowest BCUT2D eigenvalue weighted by Gasteiger charge is -2.32. The molecular formula is C23H28F3N3O+2. The summed E-state index contributed by atoms with van der Waals surface area (Å²) in [6.45, 7) is 6.38. The Bertz CT molecular complexity index is 859. The van der Waals surface area contributed by atoms with Gasteiger partial charge in [0.05, 0.1) is 12.1 Å². The highest BCUT2D eigenvalue weighted by Crippen LogP contribution is 2.30. The minimum absolute atomic E-state index is 0.177. The number of rotatable bonds is 6. The molecule has 0 aromatic heterocycles. The van der Waals surface area contributed by atoms with Gasteiger partial charge in [-0.1, -0.05) is 42.5 Å². The molecule has 160 valence electrons. The summed E-state index contributed by atoms with van der Waals surface area (Å²) in [4.78, 5) is 15.2. The van der Waals surface area contributed by atoms with E-state index in [2.05, 4.69) is 29.6 Å². The van der Waals surface area contributed by atoms with E-state index < -0.39 is 11.7 Å². The second-order valence-corrected chi connectivity index (χ2v) is 7.71. The maximum Gasteiger partial charge on any atom is 0.416 e. The average molecular weight is 419 g/mol. The van der Waals surface area contributed by atoms with Crippen LogP contribution in [0.3, 0.4) is 0 Å². The molecule has 0 saturated carbocycles. The van der Waals surface area contributed by atoms with Crippen LogP contribution in [-0.4, -0.2) is 44.7 Å². The van der Waals surface area contributed by atoms with Gasteiger partial charge in [-0.15, -0.1) is 0 Å². The number of hydrogen-bond acceptors (Lipinski definition) is 1. The van der Waals surface area contributed by atoms with Crippen LogP contribution >= 0.6 is 0 Å². The number of anilines is 1. The first-order valence-corrected chi connectivity index (χ1v) is 10.2. The zero-order valence-corrected chi connectivity index (χ0v) is 17.0. The van der Waals surface area contributed by atoms with E-state index in [9.17, 15) is 18.0 Å². The van der Waals surface area contributed by atoms with Crippen LogP contribution in [0.5, 0.6) is 0 Å². The number of benzene rings is 2. The molecule has 2 aromatic rings. The summed E-state index contributed by atoms with van der Waals surface area (Å²) in [6, 6.07) is 14.6. The maximum absolute atomic E-state index is 12.9. The number of carbonyl (C=O) groups is 1. The molecule has 1 atom stereocenters. The van der Waals surface area contributed by atoms with Gasteiger partial charge >= 0.3 is 6.18 Å². The number of halogens is 3. The first-order valence-electron chi connectivity index (χ1n) is 10.2. The SMILES string of the molecule is C[C@H](C(=O)Nc1cccc(C(F)(F)F)c1)[NH+]1CC[NH+](C/C=C/c2ccccc2)CC1. The standard InChI is InChI=1S/C23H26F3N3O/c1-18(22(30)27-21-11-5-10-20(17-21)23(24,25)26)29-15-13-28(14-16-29)12-6-9-19-7-3-2-4-8-19/h2-11,17-18H,12-16H2,1H3,(H,27,30)/p+2/b9-6+/t18-/m1/s1. The summed E-state index contributed by atoms with van der Waals surface area (Å²) < 4.78 is 38.6. The highest BCUT2D eigenvalue weighted by molar-refractivity contribution is 5.93. The number of carbonyl (C=O) groups excluding carboxylic acids is 1. The first kappa shape index (κ1) is 22.1. The Balaban J connectivity index is 1.47. The number of piperazine rings is 1. The van der Waals surface area contributed by atoms with Gasteiger partial charge in [-0.3, -0.25) is 4.79 Å². The van der Waals surface area contributed by atoms with Crippen LogP contribution in [0.15, 0.2) is 60.7 Å². The van der Waals surface area contributed by atoms with Gasteiger partial charge in [0.2, 0.25) is 0 Å². The minimum Gasteiger partial charge on any atom is -0.322 e. The second kappa shape index (κ2) is 9.91. The monoisotopic (exact) mass is 419 g/mol. The normalized spacial score (nSPS) is 20.8. The van der Waals surface area contributed by atoms with Crippen LogP contribution in [0.2, 0.25) is 0 Å². The Labute approximate surface area is 175 Å². The van der Waals surface area contributed by atoms with Crippen LogP contribution in [0.25, 0.3) is 6.08 Å². The fourth-order valence-electron chi connectivity index (χ4n) is 3.70. The summed E-state index contributed by atoms with van der Waals surface area (Å²) in [7, 11) is 0. The van der Waals surface area contributed by atoms with Crippen molar-refractivity contribution in [3.8, 4) is 0 Å². The van der Waals surface area contributed by atoms with Gasteiger partial charge in [0.15, 0.2) is 6.04 Å². The smallest absolute Gasteiger partial charge is 0.322 e. The summed E-state index contributed by atoms with van der Waals surface area (Å²) in [5.74, 6) is -0.253. The molecule has 1 fully saturated rings. The van der Waals surface area contributed by atoms with E-state index in [-0.39, 0.29) is 17.6 Å². The summed E-state index contributed by atoms with van der Waals surface area (Å²) >= 11 is 0. The van der Waals surface area contributed by atoms with Crippen molar-refractivity contribution in [2.45, 2.75) is 19.1 Å². The number of nitrogens with one attached hydrogen (secondary N) is 3. The summed E-state index contributed by atoms with van der Waals surface area (Å²) in [5.41, 5.74) is 0.596. The van der Waals surface area contributed by atoms with E-state index in [0.717, 1.165) is 49.8 Å². The molecule has 1 heterocycles. The molecule has 4 nitrogen and oxygen atoms in total. The zero-order chi connectivity index (χ0) is 21.6. The highest BCUT2D eigenvalue weighted by atomic mass is 19.4. The highest BCUT2D eigenvalue weighted by Gasteiger charge is 2.32. The van der Waals surface area contributed by atoms with E-state index >= 15 is 0 Å². The third kappa shape index (κ3) is 6.18. The van der Waals surface area contributed by atoms with E-state index in [0.29, 0.717) is 0 Å². The first-order chi connectivity index (χ1) is 14.3. The number of alkyl halides is 3. The molecule has 3 rings (SSSR count). The lowest BCUT2D eigenvalue weighted by Crippen LogP contribution is -3.29. The van der Waals surface area contributed by atoms with Crippen LogP contribution in [-0.2, 0) is 11.0 Å². The molecule has 1 aliphatic rings. The Hall–Kier alpha value is -2.64. The fraction of sp³-hybridized carbons (Fsp3) is 0.348. The number of quaternary nitrogens is 2.